The van der Waals surface area contributed by atoms with Crippen LogP contribution in [-0.2, 0) is 0 Å². The third-order valence-electron chi connectivity index (χ3n) is 2.52. The molecule has 1 aromatic heterocycles. The van der Waals surface area contributed by atoms with E-state index < -0.39 is 0 Å². The smallest absolute Gasteiger partial charge is 0.235 e. The molecule has 4 nitrogen and oxygen atoms in total. The number of aromatic nitrogens is 2. The molecule has 70 valence electrons. The summed E-state index contributed by atoms with van der Waals surface area (Å²) in [6, 6.07) is 0. The van der Waals surface area contributed by atoms with Crippen LogP contribution in [0.3, 0.4) is 0 Å². The number of nitrogens with zero attached hydrogens (tertiary/aromatic N) is 2. The molecular weight excluding hydrogens is 168 g/mol. The minimum atomic E-state index is 0.167. The van der Waals surface area contributed by atoms with Gasteiger partial charge in [-0.3, -0.25) is 4.79 Å². The van der Waals surface area contributed by atoms with Gasteiger partial charge in [-0.15, -0.1) is 0 Å². The van der Waals surface area contributed by atoms with Crippen LogP contribution >= 0.6 is 0 Å². The highest BCUT2D eigenvalue weighted by Crippen LogP contribution is 2.31. The molecule has 4 heteroatoms. The fourth-order valence-electron chi connectivity index (χ4n) is 1.81. The second-order valence-corrected chi connectivity index (χ2v) is 3.44. The molecule has 1 saturated carbocycles. The molecule has 13 heavy (non-hydrogen) atoms. The first-order valence-electron chi connectivity index (χ1n) is 4.69. The van der Waals surface area contributed by atoms with Gasteiger partial charge in [0.05, 0.1) is 0 Å². The van der Waals surface area contributed by atoms with Gasteiger partial charge in [-0.2, -0.15) is 4.98 Å². The maximum absolute atomic E-state index is 10.3. The zero-order chi connectivity index (χ0) is 9.10. The van der Waals surface area contributed by atoms with Crippen molar-refractivity contribution in [1.29, 1.82) is 0 Å². The van der Waals surface area contributed by atoms with Crippen molar-refractivity contribution in [2.75, 3.05) is 0 Å². The first kappa shape index (κ1) is 8.41. The zero-order valence-corrected chi connectivity index (χ0v) is 7.40. The first-order chi connectivity index (χ1) is 6.40. The molecule has 0 bridgehead atoms. The molecule has 0 saturated heterocycles. The predicted molar refractivity (Wildman–Crippen MR) is 45.5 cm³/mol. The molecule has 0 atom stereocenters. The molecular formula is C9H12N2O2. The van der Waals surface area contributed by atoms with Gasteiger partial charge in [0.1, 0.15) is 0 Å². The number of carbonyl (C=O) groups is 1. The highest BCUT2D eigenvalue weighted by atomic mass is 16.5. The average molecular weight is 180 g/mol. The minimum Gasteiger partial charge on any atom is -0.339 e. The summed E-state index contributed by atoms with van der Waals surface area (Å²) in [6.07, 6.45) is 6.59. The van der Waals surface area contributed by atoms with Gasteiger partial charge in [-0.25, -0.2) is 0 Å². The van der Waals surface area contributed by atoms with Crippen molar-refractivity contribution < 1.29 is 9.32 Å². The van der Waals surface area contributed by atoms with E-state index in [1.54, 1.807) is 0 Å². The topological polar surface area (TPSA) is 56.0 Å². The van der Waals surface area contributed by atoms with E-state index in [1.807, 2.05) is 0 Å². The fourth-order valence-corrected chi connectivity index (χ4v) is 1.81. The Kier molecular flexibility index (Phi) is 2.38. The van der Waals surface area contributed by atoms with Crippen molar-refractivity contribution >= 4 is 6.29 Å². The second-order valence-electron chi connectivity index (χ2n) is 3.44. The zero-order valence-electron chi connectivity index (χ0n) is 7.40. The Labute approximate surface area is 76.3 Å². The van der Waals surface area contributed by atoms with E-state index in [9.17, 15) is 4.79 Å². The summed E-state index contributed by atoms with van der Waals surface area (Å²) in [5.74, 6) is 1.19. The van der Waals surface area contributed by atoms with Crippen molar-refractivity contribution in [2.45, 2.75) is 38.0 Å². The van der Waals surface area contributed by atoms with Crippen LogP contribution in [0, 0.1) is 0 Å². The van der Waals surface area contributed by atoms with Gasteiger partial charge in [0.25, 0.3) is 0 Å². The van der Waals surface area contributed by atoms with Gasteiger partial charge in [-0.1, -0.05) is 24.4 Å². The van der Waals surface area contributed by atoms with Gasteiger partial charge in [0.2, 0.25) is 11.7 Å². The SMILES string of the molecule is O=Cc1noc(C2CCCCC2)n1. The number of hydrogen-bond acceptors (Lipinski definition) is 4. The van der Waals surface area contributed by atoms with Crippen LogP contribution < -0.4 is 0 Å². The number of aldehydes is 1. The fraction of sp³-hybridized carbons (Fsp3) is 0.667. The van der Waals surface area contributed by atoms with E-state index >= 15 is 0 Å². The van der Waals surface area contributed by atoms with Crippen molar-refractivity contribution in [3.63, 3.8) is 0 Å². The molecule has 1 aromatic rings. The summed E-state index contributed by atoms with van der Waals surface area (Å²) < 4.78 is 5.00. The number of hydrogen-bond donors (Lipinski definition) is 0. The third kappa shape index (κ3) is 1.76. The van der Waals surface area contributed by atoms with Crippen LogP contribution in [0.5, 0.6) is 0 Å². The standard InChI is InChI=1S/C9H12N2O2/c12-6-8-10-9(13-11-8)7-4-2-1-3-5-7/h6-7H,1-5H2. The highest BCUT2D eigenvalue weighted by Gasteiger charge is 2.21. The van der Waals surface area contributed by atoms with Gasteiger partial charge in [0.15, 0.2) is 6.29 Å². The third-order valence-corrected chi connectivity index (χ3v) is 2.52. The largest absolute Gasteiger partial charge is 0.339 e. The lowest BCUT2D eigenvalue weighted by molar-refractivity contribution is 0.111. The van der Waals surface area contributed by atoms with Crippen molar-refractivity contribution in [1.82, 2.24) is 10.1 Å². The molecule has 1 aliphatic carbocycles. The maximum atomic E-state index is 10.3. The summed E-state index contributed by atoms with van der Waals surface area (Å²) in [4.78, 5) is 14.3. The molecule has 0 amide bonds. The number of rotatable bonds is 2. The van der Waals surface area contributed by atoms with Crippen LogP contribution in [0.4, 0.5) is 0 Å². The summed E-state index contributed by atoms with van der Waals surface area (Å²) in [5, 5.41) is 3.56. The molecule has 0 N–H and O–H groups in total. The summed E-state index contributed by atoms with van der Waals surface area (Å²) in [6.45, 7) is 0. The molecule has 1 heterocycles. The van der Waals surface area contributed by atoms with Gasteiger partial charge in [-0.05, 0) is 12.8 Å². The van der Waals surface area contributed by atoms with Crippen molar-refractivity contribution in [2.24, 2.45) is 0 Å². The van der Waals surface area contributed by atoms with E-state index in [0.29, 0.717) is 18.1 Å². The first-order valence-corrected chi connectivity index (χ1v) is 4.69. The quantitative estimate of drug-likeness (QED) is 0.652. The van der Waals surface area contributed by atoms with Crippen molar-refractivity contribution in [3.05, 3.63) is 11.7 Å². The van der Waals surface area contributed by atoms with E-state index in [2.05, 4.69) is 10.1 Å². The molecule has 1 aliphatic rings. The lowest BCUT2D eigenvalue weighted by atomic mass is 9.89. The lowest BCUT2D eigenvalue weighted by Gasteiger charge is -2.17. The molecule has 0 radical (unpaired) electrons. The van der Waals surface area contributed by atoms with Gasteiger partial charge >= 0.3 is 0 Å². The Bertz CT molecular complexity index is 290. The Morgan fingerprint density at radius 3 is 2.69 bits per heavy atom. The minimum absolute atomic E-state index is 0.167. The molecule has 0 spiro atoms. The van der Waals surface area contributed by atoms with Crippen LogP contribution in [-0.4, -0.2) is 16.4 Å². The van der Waals surface area contributed by atoms with Gasteiger partial charge in [0, 0.05) is 5.92 Å². The lowest BCUT2D eigenvalue weighted by Crippen LogP contribution is -2.04. The maximum Gasteiger partial charge on any atom is 0.235 e. The Morgan fingerprint density at radius 1 is 1.31 bits per heavy atom. The van der Waals surface area contributed by atoms with Crippen LogP contribution in [0.2, 0.25) is 0 Å². The summed E-state index contributed by atoms with van der Waals surface area (Å²) in [7, 11) is 0. The molecule has 0 aromatic carbocycles. The summed E-state index contributed by atoms with van der Waals surface area (Å²) >= 11 is 0. The van der Waals surface area contributed by atoms with E-state index in [1.165, 1.54) is 19.3 Å². The Morgan fingerprint density at radius 2 is 2.08 bits per heavy atom. The molecule has 1 fully saturated rings. The predicted octanol–water partition coefficient (Wildman–Crippen LogP) is 1.93. The molecule has 0 aliphatic heterocycles. The molecule has 2 rings (SSSR count). The normalized spacial score (nSPS) is 18.8. The van der Waals surface area contributed by atoms with Gasteiger partial charge < -0.3 is 4.52 Å². The van der Waals surface area contributed by atoms with Crippen molar-refractivity contribution in [3.8, 4) is 0 Å². The highest BCUT2D eigenvalue weighted by molar-refractivity contribution is 5.68. The van der Waals surface area contributed by atoms with E-state index in [4.69, 9.17) is 4.52 Å². The molecule has 0 unspecified atom stereocenters. The Hall–Kier alpha value is -1.19. The van der Waals surface area contributed by atoms with E-state index in [0.717, 1.165) is 12.8 Å². The van der Waals surface area contributed by atoms with Crippen LogP contribution in [0.25, 0.3) is 0 Å². The van der Waals surface area contributed by atoms with E-state index in [-0.39, 0.29) is 5.82 Å². The average Bonchev–Trinajstić information content (AvgIpc) is 2.67. The van der Waals surface area contributed by atoms with Crippen LogP contribution in [0.15, 0.2) is 4.52 Å². The monoisotopic (exact) mass is 180 g/mol. The Balaban J connectivity index is 2.09. The second kappa shape index (κ2) is 3.68. The summed E-state index contributed by atoms with van der Waals surface area (Å²) in [5.41, 5.74) is 0. The number of carbonyl (C=O) groups excluding carboxylic acids is 1. The van der Waals surface area contributed by atoms with Crippen LogP contribution in [0.1, 0.15) is 54.5 Å².